The van der Waals surface area contributed by atoms with E-state index in [1.54, 1.807) is 23.8 Å². The molecule has 1 saturated heterocycles. The van der Waals surface area contributed by atoms with E-state index in [-0.39, 0.29) is 18.4 Å². The Labute approximate surface area is 159 Å². The molecule has 0 spiro atoms. The molecule has 0 radical (unpaired) electrons. The number of amides is 2. The molecule has 0 aromatic heterocycles. The van der Waals surface area contributed by atoms with E-state index in [4.69, 9.17) is 4.74 Å². The third kappa shape index (κ3) is 4.58. The summed E-state index contributed by atoms with van der Waals surface area (Å²) in [5, 5.41) is 3.21. The molecule has 0 atom stereocenters. The van der Waals surface area contributed by atoms with Crippen LogP contribution in [-0.4, -0.2) is 61.4 Å². The molecular formula is C21H25N3O3. The SMILES string of the molecule is COc1ccc(-c2ccccc2)cc1NCC(=O)N1CCN(C(C)=O)CC1. The molecule has 2 amide bonds. The minimum absolute atomic E-state index is 0.0189. The van der Waals surface area contributed by atoms with Gasteiger partial charge in [-0.15, -0.1) is 0 Å². The number of nitrogens with zero attached hydrogens (tertiary/aromatic N) is 2. The number of hydrogen-bond donors (Lipinski definition) is 1. The Balaban J connectivity index is 1.65. The van der Waals surface area contributed by atoms with Gasteiger partial charge in [-0.25, -0.2) is 0 Å². The van der Waals surface area contributed by atoms with Gasteiger partial charge in [0.15, 0.2) is 0 Å². The molecule has 3 rings (SSSR count). The second-order valence-electron chi connectivity index (χ2n) is 6.52. The second kappa shape index (κ2) is 8.58. The van der Waals surface area contributed by atoms with Crippen LogP contribution in [0.15, 0.2) is 48.5 Å². The standard InChI is InChI=1S/C21H25N3O3/c1-16(25)23-10-12-24(13-11-23)21(26)15-22-19-14-18(8-9-20(19)27-2)17-6-4-3-5-7-17/h3-9,14,22H,10-13,15H2,1-2H3. The maximum absolute atomic E-state index is 12.5. The predicted molar refractivity (Wildman–Crippen MR) is 106 cm³/mol. The van der Waals surface area contributed by atoms with Crippen molar-refractivity contribution >= 4 is 17.5 Å². The van der Waals surface area contributed by atoms with E-state index in [9.17, 15) is 9.59 Å². The highest BCUT2D eigenvalue weighted by molar-refractivity contribution is 5.83. The fourth-order valence-electron chi connectivity index (χ4n) is 3.21. The van der Waals surface area contributed by atoms with Crippen molar-refractivity contribution in [3.05, 3.63) is 48.5 Å². The van der Waals surface area contributed by atoms with Crippen molar-refractivity contribution in [2.45, 2.75) is 6.92 Å². The zero-order valence-electron chi connectivity index (χ0n) is 15.8. The van der Waals surface area contributed by atoms with Crippen molar-refractivity contribution in [1.82, 2.24) is 9.80 Å². The van der Waals surface area contributed by atoms with E-state index < -0.39 is 0 Å². The minimum Gasteiger partial charge on any atom is -0.495 e. The van der Waals surface area contributed by atoms with Crippen molar-refractivity contribution in [2.75, 3.05) is 45.2 Å². The fraction of sp³-hybridized carbons (Fsp3) is 0.333. The molecule has 6 nitrogen and oxygen atoms in total. The molecule has 27 heavy (non-hydrogen) atoms. The first-order valence-electron chi connectivity index (χ1n) is 9.09. The summed E-state index contributed by atoms with van der Waals surface area (Å²) < 4.78 is 5.42. The topological polar surface area (TPSA) is 61.9 Å². The van der Waals surface area contributed by atoms with E-state index in [2.05, 4.69) is 5.32 Å². The lowest BCUT2D eigenvalue weighted by atomic mass is 10.0. The van der Waals surface area contributed by atoms with Crippen molar-refractivity contribution < 1.29 is 14.3 Å². The number of benzene rings is 2. The lowest BCUT2D eigenvalue weighted by Gasteiger charge is -2.34. The van der Waals surface area contributed by atoms with Crippen molar-refractivity contribution in [1.29, 1.82) is 0 Å². The Morgan fingerprint density at radius 2 is 1.63 bits per heavy atom. The number of hydrogen-bond acceptors (Lipinski definition) is 4. The molecule has 6 heteroatoms. The normalized spacial score (nSPS) is 14.0. The van der Waals surface area contributed by atoms with E-state index in [0.29, 0.717) is 31.9 Å². The molecule has 0 aliphatic carbocycles. The highest BCUT2D eigenvalue weighted by Gasteiger charge is 2.22. The maximum Gasteiger partial charge on any atom is 0.241 e. The highest BCUT2D eigenvalue weighted by Crippen LogP contribution is 2.30. The third-order valence-corrected chi connectivity index (χ3v) is 4.81. The van der Waals surface area contributed by atoms with Gasteiger partial charge in [-0.2, -0.15) is 0 Å². The number of piperazine rings is 1. The van der Waals surface area contributed by atoms with Gasteiger partial charge in [-0.1, -0.05) is 36.4 Å². The summed E-state index contributed by atoms with van der Waals surface area (Å²) in [6, 6.07) is 16.0. The molecule has 1 heterocycles. The first kappa shape index (κ1) is 18.8. The maximum atomic E-state index is 12.5. The summed E-state index contributed by atoms with van der Waals surface area (Å²) in [4.78, 5) is 27.5. The van der Waals surface area contributed by atoms with Gasteiger partial charge in [0.1, 0.15) is 5.75 Å². The van der Waals surface area contributed by atoms with E-state index >= 15 is 0 Å². The van der Waals surface area contributed by atoms with Crippen LogP contribution in [0.5, 0.6) is 5.75 Å². The first-order valence-corrected chi connectivity index (χ1v) is 9.09. The van der Waals surface area contributed by atoms with Crippen LogP contribution in [0.3, 0.4) is 0 Å². The lowest BCUT2D eigenvalue weighted by molar-refractivity contribution is -0.137. The molecule has 2 aromatic carbocycles. The molecule has 0 unspecified atom stereocenters. The van der Waals surface area contributed by atoms with Gasteiger partial charge in [0.2, 0.25) is 11.8 Å². The van der Waals surface area contributed by atoms with Crippen molar-refractivity contribution in [3.8, 4) is 16.9 Å². The summed E-state index contributed by atoms with van der Waals surface area (Å²) in [6.07, 6.45) is 0. The number of rotatable bonds is 5. The number of anilines is 1. The van der Waals surface area contributed by atoms with Crippen molar-refractivity contribution in [2.24, 2.45) is 0 Å². The summed E-state index contributed by atoms with van der Waals surface area (Å²) in [6.45, 7) is 4.07. The van der Waals surface area contributed by atoms with Gasteiger partial charge in [-0.05, 0) is 23.3 Å². The Kier molecular flexibility index (Phi) is 5.96. The largest absolute Gasteiger partial charge is 0.495 e. The Hall–Kier alpha value is -3.02. The number of carbonyl (C=O) groups is 2. The molecule has 142 valence electrons. The summed E-state index contributed by atoms with van der Waals surface area (Å²) in [5.74, 6) is 0.775. The van der Waals surface area contributed by atoms with Gasteiger partial charge < -0.3 is 19.9 Å². The fourth-order valence-corrected chi connectivity index (χ4v) is 3.21. The van der Waals surface area contributed by atoms with Gasteiger partial charge in [0.25, 0.3) is 0 Å². The number of methoxy groups -OCH3 is 1. The van der Waals surface area contributed by atoms with E-state index in [0.717, 1.165) is 16.8 Å². The molecule has 1 aliphatic rings. The number of ether oxygens (including phenoxy) is 1. The molecule has 1 fully saturated rings. The van der Waals surface area contributed by atoms with Gasteiger partial charge in [0.05, 0.1) is 19.3 Å². The molecular weight excluding hydrogens is 342 g/mol. The van der Waals surface area contributed by atoms with E-state index in [1.165, 1.54) is 0 Å². The molecule has 1 N–H and O–H groups in total. The van der Waals surface area contributed by atoms with Crippen LogP contribution in [0.1, 0.15) is 6.92 Å². The number of carbonyl (C=O) groups excluding carboxylic acids is 2. The monoisotopic (exact) mass is 367 g/mol. The Morgan fingerprint density at radius 3 is 2.26 bits per heavy atom. The molecule has 0 saturated carbocycles. The second-order valence-corrected chi connectivity index (χ2v) is 6.52. The average Bonchev–Trinajstić information content (AvgIpc) is 2.72. The summed E-state index contributed by atoms with van der Waals surface area (Å²) in [7, 11) is 1.62. The summed E-state index contributed by atoms with van der Waals surface area (Å²) in [5.41, 5.74) is 2.95. The summed E-state index contributed by atoms with van der Waals surface area (Å²) >= 11 is 0. The number of nitrogens with one attached hydrogen (secondary N) is 1. The van der Waals surface area contributed by atoms with Crippen LogP contribution in [-0.2, 0) is 9.59 Å². The minimum atomic E-state index is 0.0189. The lowest BCUT2D eigenvalue weighted by Crippen LogP contribution is -2.51. The van der Waals surface area contributed by atoms with Gasteiger partial charge in [-0.3, -0.25) is 9.59 Å². The Bertz CT molecular complexity index is 800. The van der Waals surface area contributed by atoms with E-state index in [1.807, 2.05) is 48.5 Å². The van der Waals surface area contributed by atoms with Gasteiger partial charge >= 0.3 is 0 Å². The zero-order valence-corrected chi connectivity index (χ0v) is 15.8. The van der Waals surface area contributed by atoms with Crippen LogP contribution >= 0.6 is 0 Å². The van der Waals surface area contributed by atoms with Crippen LogP contribution in [0.2, 0.25) is 0 Å². The van der Waals surface area contributed by atoms with Crippen LogP contribution in [0.4, 0.5) is 5.69 Å². The first-order chi connectivity index (χ1) is 13.1. The highest BCUT2D eigenvalue weighted by atomic mass is 16.5. The Morgan fingerprint density at radius 1 is 0.963 bits per heavy atom. The van der Waals surface area contributed by atoms with Crippen LogP contribution in [0, 0.1) is 0 Å². The van der Waals surface area contributed by atoms with Crippen LogP contribution < -0.4 is 10.1 Å². The van der Waals surface area contributed by atoms with Gasteiger partial charge in [0, 0.05) is 33.1 Å². The quantitative estimate of drug-likeness (QED) is 0.882. The smallest absolute Gasteiger partial charge is 0.241 e. The molecule has 2 aromatic rings. The zero-order chi connectivity index (χ0) is 19.2. The molecule has 1 aliphatic heterocycles. The average molecular weight is 367 g/mol. The predicted octanol–water partition coefficient (Wildman–Crippen LogP) is 2.46. The van der Waals surface area contributed by atoms with Crippen molar-refractivity contribution in [3.63, 3.8) is 0 Å². The van der Waals surface area contributed by atoms with Crippen LogP contribution in [0.25, 0.3) is 11.1 Å². The molecule has 0 bridgehead atoms. The third-order valence-electron chi connectivity index (χ3n) is 4.81.